The topological polar surface area (TPSA) is 86.8 Å². The predicted octanol–water partition coefficient (Wildman–Crippen LogP) is 0.661. The second-order valence-electron chi connectivity index (χ2n) is 4.32. The van der Waals surface area contributed by atoms with Crippen LogP contribution in [0, 0.1) is 0 Å². The average Bonchev–Trinajstić information content (AvgIpc) is 2.28. The molecule has 1 fully saturated rings. The van der Waals surface area contributed by atoms with Gasteiger partial charge in [0.1, 0.15) is 17.1 Å². The van der Waals surface area contributed by atoms with Crippen LogP contribution in [0.2, 0.25) is 0 Å². The van der Waals surface area contributed by atoms with Crippen molar-refractivity contribution in [2.45, 2.75) is 18.9 Å². The van der Waals surface area contributed by atoms with Crippen molar-refractivity contribution in [2.24, 2.45) is 5.73 Å². The molecule has 1 unspecified atom stereocenters. The third-order valence-electron chi connectivity index (χ3n) is 2.98. The molecule has 1 amide bonds. The van der Waals surface area contributed by atoms with Gasteiger partial charge in [-0.1, -0.05) is 6.07 Å². The normalized spacial score (nSPS) is 20.3. The summed E-state index contributed by atoms with van der Waals surface area (Å²) in [5.41, 5.74) is 5.76. The lowest BCUT2D eigenvalue weighted by molar-refractivity contribution is 0.0702. The van der Waals surface area contributed by atoms with Crippen molar-refractivity contribution in [1.82, 2.24) is 4.90 Å². The lowest BCUT2D eigenvalue weighted by Gasteiger charge is -2.31. The van der Waals surface area contributed by atoms with Gasteiger partial charge in [0.25, 0.3) is 5.91 Å². The number of piperidine rings is 1. The number of carbonyl (C=O) groups excluding carboxylic acids is 1. The number of phenols is 2. The summed E-state index contributed by atoms with van der Waals surface area (Å²) in [6.45, 7) is 1.08. The Labute approximate surface area is 99.5 Å². The van der Waals surface area contributed by atoms with E-state index in [0.29, 0.717) is 13.1 Å². The number of nitrogens with zero attached hydrogens (tertiary/aromatic N) is 1. The first kappa shape index (κ1) is 11.7. The van der Waals surface area contributed by atoms with Gasteiger partial charge in [-0.25, -0.2) is 0 Å². The summed E-state index contributed by atoms with van der Waals surface area (Å²) in [4.78, 5) is 13.7. The molecule has 0 saturated carbocycles. The molecule has 1 aliphatic rings. The van der Waals surface area contributed by atoms with Crippen LogP contribution < -0.4 is 5.73 Å². The SMILES string of the molecule is NC1CCCN(C(=O)c2c(O)cccc2O)C1. The second-order valence-corrected chi connectivity index (χ2v) is 4.32. The summed E-state index contributed by atoms with van der Waals surface area (Å²) in [5.74, 6) is -0.765. The van der Waals surface area contributed by atoms with Crippen LogP contribution in [0.4, 0.5) is 0 Å². The van der Waals surface area contributed by atoms with E-state index in [2.05, 4.69) is 0 Å². The van der Waals surface area contributed by atoms with Gasteiger partial charge in [-0.2, -0.15) is 0 Å². The molecule has 0 aliphatic carbocycles. The fourth-order valence-electron chi connectivity index (χ4n) is 2.10. The van der Waals surface area contributed by atoms with Crippen LogP contribution in [-0.4, -0.2) is 40.2 Å². The van der Waals surface area contributed by atoms with E-state index >= 15 is 0 Å². The molecule has 5 heteroatoms. The van der Waals surface area contributed by atoms with Crippen molar-refractivity contribution in [2.75, 3.05) is 13.1 Å². The lowest BCUT2D eigenvalue weighted by Crippen LogP contribution is -2.45. The summed E-state index contributed by atoms with van der Waals surface area (Å²) in [7, 11) is 0. The number of amides is 1. The van der Waals surface area contributed by atoms with Gasteiger partial charge in [0, 0.05) is 19.1 Å². The fraction of sp³-hybridized carbons (Fsp3) is 0.417. The number of hydrogen-bond acceptors (Lipinski definition) is 4. The number of carbonyl (C=O) groups is 1. The molecular weight excluding hydrogens is 220 g/mol. The summed E-state index contributed by atoms with van der Waals surface area (Å²) < 4.78 is 0. The van der Waals surface area contributed by atoms with E-state index in [1.165, 1.54) is 18.2 Å². The second kappa shape index (κ2) is 4.63. The van der Waals surface area contributed by atoms with Crippen LogP contribution >= 0.6 is 0 Å². The Bertz CT molecular complexity index is 414. The lowest BCUT2D eigenvalue weighted by atomic mass is 10.0. The molecule has 4 N–H and O–H groups in total. The largest absolute Gasteiger partial charge is 0.507 e. The summed E-state index contributed by atoms with van der Waals surface area (Å²) in [6.07, 6.45) is 1.75. The Kier molecular flexibility index (Phi) is 3.19. The van der Waals surface area contributed by atoms with Crippen LogP contribution in [0.1, 0.15) is 23.2 Å². The highest BCUT2D eigenvalue weighted by Gasteiger charge is 2.26. The number of benzene rings is 1. The average molecular weight is 236 g/mol. The zero-order valence-corrected chi connectivity index (χ0v) is 9.47. The summed E-state index contributed by atoms with van der Waals surface area (Å²) >= 11 is 0. The van der Waals surface area contributed by atoms with E-state index in [4.69, 9.17) is 5.73 Å². The van der Waals surface area contributed by atoms with Gasteiger partial charge in [0.15, 0.2) is 0 Å². The zero-order valence-electron chi connectivity index (χ0n) is 9.47. The van der Waals surface area contributed by atoms with Crippen LogP contribution in [-0.2, 0) is 0 Å². The minimum Gasteiger partial charge on any atom is -0.507 e. The molecule has 17 heavy (non-hydrogen) atoms. The molecule has 0 spiro atoms. The maximum absolute atomic E-state index is 12.1. The van der Waals surface area contributed by atoms with Gasteiger partial charge in [-0.05, 0) is 25.0 Å². The van der Waals surface area contributed by atoms with E-state index in [9.17, 15) is 15.0 Å². The Morgan fingerprint density at radius 1 is 1.35 bits per heavy atom. The van der Waals surface area contributed by atoms with Crippen LogP contribution in [0.3, 0.4) is 0 Å². The van der Waals surface area contributed by atoms with E-state index in [1.54, 1.807) is 4.90 Å². The third kappa shape index (κ3) is 2.34. The smallest absolute Gasteiger partial charge is 0.261 e. The Balaban J connectivity index is 2.24. The quantitative estimate of drug-likeness (QED) is 0.668. The standard InChI is InChI=1S/C12H16N2O3/c13-8-3-2-6-14(7-8)12(17)11-9(15)4-1-5-10(11)16/h1,4-5,8,15-16H,2-3,6-7,13H2. The molecule has 1 atom stereocenters. The van der Waals surface area contributed by atoms with Crippen molar-refractivity contribution in [3.05, 3.63) is 23.8 Å². The van der Waals surface area contributed by atoms with E-state index in [1.807, 2.05) is 0 Å². The molecule has 1 aliphatic heterocycles. The van der Waals surface area contributed by atoms with Crippen LogP contribution in [0.25, 0.3) is 0 Å². The van der Waals surface area contributed by atoms with Gasteiger partial charge >= 0.3 is 0 Å². The van der Waals surface area contributed by atoms with E-state index < -0.39 is 0 Å². The molecule has 92 valence electrons. The molecule has 1 saturated heterocycles. The third-order valence-corrected chi connectivity index (χ3v) is 2.98. The molecule has 1 aromatic carbocycles. The molecule has 1 heterocycles. The monoisotopic (exact) mass is 236 g/mol. The number of hydrogen-bond donors (Lipinski definition) is 3. The van der Waals surface area contributed by atoms with Crippen LogP contribution in [0.15, 0.2) is 18.2 Å². The van der Waals surface area contributed by atoms with Gasteiger partial charge in [-0.15, -0.1) is 0 Å². The highest BCUT2D eigenvalue weighted by Crippen LogP contribution is 2.28. The first-order valence-corrected chi connectivity index (χ1v) is 5.65. The van der Waals surface area contributed by atoms with Gasteiger partial charge in [-0.3, -0.25) is 4.79 Å². The highest BCUT2D eigenvalue weighted by atomic mass is 16.3. The number of likely N-dealkylation sites (tertiary alicyclic amines) is 1. The molecule has 0 radical (unpaired) electrons. The van der Waals surface area contributed by atoms with E-state index in [-0.39, 0.29) is 29.0 Å². The Morgan fingerprint density at radius 2 is 2.00 bits per heavy atom. The predicted molar refractivity (Wildman–Crippen MR) is 62.9 cm³/mol. The van der Waals surface area contributed by atoms with Crippen molar-refractivity contribution in [3.8, 4) is 11.5 Å². The molecule has 2 rings (SSSR count). The van der Waals surface area contributed by atoms with Crippen molar-refractivity contribution in [3.63, 3.8) is 0 Å². The maximum Gasteiger partial charge on any atom is 0.261 e. The minimum absolute atomic E-state index is 0.0271. The van der Waals surface area contributed by atoms with Crippen molar-refractivity contribution < 1.29 is 15.0 Å². The summed E-state index contributed by atoms with van der Waals surface area (Å²) in [5, 5.41) is 19.2. The molecule has 1 aromatic rings. The number of phenolic OH excluding ortho intramolecular Hbond substituents is 2. The first-order valence-electron chi connectivity index (χ1n) is 5.65. The van der Waals surface area contributed by atoms with Gasteiger partial charge in [0.05, 0.1) is 0 Å². The number of rotatable bonds is 1. The molecular formula is C12H16N2O3. The van der Waals surface area contributed by atoms with Crippen LogP contribution in [0.5, 0.6) is 11.5 Å². The molecule has 0 aromatic heterocycles. The fourth-order valence-corrected chi connectivity index (χ4v) is 2.10. The zero-order chi connectivity index (χ0) is 12.4. The van der Waals surface area contributed by atoms with Crippen molar-refractivity contribution in [1.29, 1.82) is 0 Å². The number of nitrogens with two attached hydrogens (primary N) is 1. The van der Waals surface area contributed by atoms with Gasteiger partial charge < -0.3 is 20.8 Å². The first-order chi connectivity index (χ1) is 8.09. The Morgan fingerprint density at radius 3 is 2.59 bits per heavy atom. The Hall–Kier alpha value is -1.75. The molecule has 5 nitrogen and oxygen atoms in total. The molecule has 0 bridgehead atoms. The maximum atomic E-state index is 12.1. The minimum atomic E-state index is -0.365. The summed E-state index contributed by atoms with van der Waals surface area (Å²) in [6, 6.07) is 4.23. The highest BCUT2D eigenvalue weighted by molar-refractivity contribution is 5.99. The van der Waals surface area contributed by atoms with E-state index in [0.717, 1.165) is 12.8 Å². The van der Waals surface area contributed by atoms with Gasteiger partial charge in [0.2, 0.25) is 0 Å². The number of aromatic hydroxyl groups is 2. The van der Waals surface area contributed by atoms with Crippen molar-refractivity contribution >= 4 is 5.91 Å².